The molecular formula is C13H17ClN2O3. The first-order valence-electron chi connectivity index (χ1n) is 6.02. The smallest absolute Gasteiger partial charge is 0.410 e. The van der Waals surface area contributed by atoms with Crippen molar-refractivity contribution in [3.05, 3.63) is 29.0 Å². The number of aromatic nitrogens is 1. The summed E-state index contributed by atoms with van der Waals surface area (Å²) in [4.78, 5) is 17.2. The molecule has 0 saturated carbocycles. The first-order valence-corrected chi connectivity index (χ1v) is 6.40. The van der Waals surface area contributed by atoms with Crippen LogP contribution in [0.25, 0.3) is 0 Å². The molecule has 1 aromatic heterocycles. The van der Waals surface area contributed by atoms with Crippen molar-refractivity contribution in [1.29, 1.82) is 0 Å². The first kappa shape index (κ1) is 14.1. The Labute approximate surface area is 117 Å². The minimum absolute atomic E-state index is 0.200. The SMILES string of the molecule is CC(C)(C)OC(=O)N1CC(O)(c2ccc(Cl)nc2)C1. The number of carbonyl (C=O) groups is 1. The van der Waals surface area contributed by atoms with Gasteiger partial charge in [0.15, 0.2) is 0 Å². The number of hydrogen-bond acceptors (Lipinski definition) is 4. The molecule has 0 spiro atoms. The van der Waals surface area contributed by atoms with Crippen LogP contribution in [0.15, 0.2) is 18.3 Å². The van der Waals surface area contributed by atoms with Crippen LogP contribution < -0.4 is 0 Å². The number of carbonyl (C=O) groups excluding carboxylic acids is 1. The molecule has 1 aromatic rings. The Morgan fingerprint density at radius 1 is 1.47 bits per heavy atom. The monoisotopic (exact) mass is 284 g/mol. The summed E-state index contributed by atoms with van der Waals surface area (Å²) >= 11 is 5.70. The molecule has 2 heterocycles. The number of nitrogens with zero attached hydrogens (tertiary/aromatic N) is 2. The van der Waals surface area contributed by atoms with Crippen LogP contribution in [0.4, 0.5) is 4.79 Å². The van der Waals surface area contributed by atoms with Crippen LogP contribution in [-0.4, -0.2) is 39.8 Å². The summed E-state index contributed by atoms with van der Waals surface area (Å²) in [7, 11) is 0. The van der Waals surface area contributed by atoms with Gasteiger partial charge in [-0.2, -0.15) is 0 Å². The third kappa shape index (κ3) is 3.16. The van der Waals surface area contributed by atoms with Gasteiger partial charge in [-0.25, -0.2) is 9.78 Å². The van der Waals surface area contributed by atoms with E-state index in [2.05, 4.69) is 4.98 Å². The first-order chi connectivity index (χ1) is 8.70. The van der Waals surface area contributed by atoms with Gasteiger partial charge in [0.2, 0.25) is 0 Å². The lowest BCUT2D eigenvalue weighted by Gasteiger charge is -2.46. The molecule has 5 nitrogen and oxygen atoms in total. The second-order valence-corrected chi connectivity index (χ2v) is 6.12. The standard InChI is InChI=1S/C13H17ClN2O3/c1-12(2,3)19-11(17)16-7-13(18,8-16)9-4-5-10(14)15-6-9/h4-6,18H,7-8H2,1-3H3. The highest BCUT2D eigenvalue weighted by molar-refractivity contribution is 6.29. The van der Waals surface area contributed by atoms with Gasteiger partial charge >= 0.3 is 6.09 Å². The third-order valence-corrected chi connectivity index (χ3v) is 3.04. The maximum atomic E-state index is 11.8. The molecule has 0 bridgehead atoms. The summed E-state index contributed by atoms with van der Waals surface area (Å²) in [6, 6.07) is 3.33. The van der Waals surface area contributed by atoms with E-state index in [1.165, 1.54) is 11.1 Å². The predicted molar refractivity (Wildman–Crippen MR) is 71.0 cm³/mol. The number of halogens is 1. The summed E-state index contributed by atoms with van der Waals surface area (Å²) in [5, 5.41) is 10.7. The second kappa shape index (κ2) is 4.65. The van der Waals surface area contributed by atoms with E-state index < -0.39 is 17.3 Å². The van der Waals surface area contributed by atoms with Crippen molar-refractivity contribution < 1.29 is 14.6 Å². The quantitative estimate of drug-likeness (QED) is 0.803. The molecule has 1 saturated heterocycles. The number of aliphatic hydroxyl groups is 1. The van der Waals surface area contributed by atoms with Gasteiger partial charge in [0.1, 0.15) is 16.4 Å². The molecule has 0 radical (unpaired) electrons. The number of pyridine rings is 1. The van der Waals surface area contributed by atoms with Crippen LogP contribution in [0, 0.1) is 0 Å². The van der Waals surface area contributed by atoms with Crippen molar-refractivity contribution in [1.82, 2.24) is 9.88 Å². The molecule has 6 heteroatoms. The molecule has 0 aliphatic carbocycles. The van der Waals surface area contributed by atoms with Gasteiger partial charge in [0.05, 0.1) is 13.1 Å². The van der Waals surface area contributed by atoms with Crippen molar-refractivity contribution in [2.45, 2.75) is 32.0 Å². The molecule has 1 aliphatic heterocycles. The highest BCUT2D eigenvalue weighted by atomic mass is 35.5. The molecule has 0 aromatic carbocycles. The van der Waals surface area contributed by atoms with Crippen LogP contribution in [0.1, 0.15) is 26.3 Å². The maximum Gasteiger partial charge on any atom is 0.410 e. The molecule has 0 atom stereocenters. The predicted octanol–water partition coefficient (Wildman–Crippen LogP) is 2.17. The van der Waals surface area contributed by atoms with Crippen molar-refractivity contribution in [3.8, 4) is 0 Å². The number of hydrogen-bond donors (Lipinski definition) is 1. The zero-order chi connectivity index (χ0) is 14.3. The molecule has 1 amide bonds. The zero-order valence-corrected chi connectivity index (χ0v) is 11.9. The average Bonchev–Trinajstić information content (AvgIpc) is 2.23. The lowest BCUT2D eigenvalue weighted by molar-refractivity contribution is -0.103. The molecule has 0 unspecified atom stereocenters. The summed E-state index contributed by atoms with van der Waals surface area (Å²) in [5.74, 6) is 0. The molecule has 104 valence electrons. The van der Waals surface area contributed by atoms with E-state index in [1.54, 1.807) is 32.9 Å². The average molecular weight is 285 g/mol. The number of rotatable bonds is 1. The van der Waals surface area contributed by atoms with Gasteiger partial charge in [-0.05, 0) is 26.8 Å². The summed E-state index contributed by atoms with van der Waals surface area (Å²) in [5.41, 5.74) is -0.946. The van der Waals surface area contributed by atoms with Gasteiger partial charge in [-0.1, -0.05) is 17.7 Å². The van der Waals surface area contributed by atoms with E-state index >= 15 is 0 Å². The lowest BCUT2D eigenvalue weighted by atomic mass is 9.87. The number of ether oxygens (including phenoxy) is 1. The highest BCUT2D eigenvalue weighted by Gasteiger charge is 2.46. The fourth-order valence-corrected chi connectivity index (χ4v) is 1.99. The summed E-state index contributed by atoms with van der Waals surface area (Å²) in [6.45, 7) is 5.82. The fourth-order valence-electron chi connectivity index (χ4n) is 1.87. The number of β-amino-alcohol motifs (C(OH)–C–C–N with tert-alkyl or cyclic N) is 1. The Hall–Kier alpha value is -1.33. The minimum Gasteiger partial charge on any atom is -0.444 e. The maximum absolute atomic E-state index is 11.8. The van der Waals surface area contributed by atoms with Crippen molar-refractivity contribution in [2.24, 2.45) is 0 Å². The van der Waals surface area contributed by atoms with Crippen molar-refractivity contribution in [2.75, 3.05) is 13.1 Å². The van der Waals surface area contributed by atoms with Crippen molar-refractivity contribution in [3.63, 3.8) is 0 Å². The molecule has 1 aliphatic rings. The van der Waals surface area contributed by atoms with Gasteiger partial charge in [0, 0.05) is 11.8 Å². The largest absolute Gasteiger partial charge is 0.444 e. The Balaban J connectivity index is 1.98. The van der Waals surface area contributed by atoms with E-state index in [-0.39, 0.29) is 13.1 Å². The fraction of sp³-hybridized carbons (Fsp3) is 0.538. The van der Waals surface area contributed by atoms with Gasteiger partial charge in [-0.3, -0.25) is 0 Å². The minimum atomic E-state index is -1.06. The Bertz CT molecular complexity index is 476. The normalized spacial score (nSPS) is 17.8. The van der Waals surface area contributed by atoms with Crippen LogP contribution in [0.5, 0.6) is 0 Å². The molecule has 2 rings (SSSR count). The molecule has 19 heavy (non-hydrogen) atoms. The highest BCUT2D eigenvalue weighted by Crippen LogP contribution is 2.32. The van der Waals surface area contributed by atoms with Crippen molar-refractivity contribution >= 4 is 17.7 Å². The topological polar surface area (TPSA) is 62.7 Å². The Morgan fingerprint density at radius 2 is 2.11 bits per heavy atom. The summed E-state index contributed by atoms with van der Waals surface area (Å²) < 4.78 is 5.23. The second-order valence-electron chi connectivity index (χ2n) is 5.74. The number of amides is 1. The number of likely N-dealkylation sites (tertiary alicyclic amines) is 1. The van der Waals surface area contributed by atoms with Crippen LogP contribution in [0.2, 0.25) is 5.15 Å². The molecule has 1 fully saturated rings. The van der Waals surface area contributed by atoms with E-state index in [0.717, 1.165) is 0 Å². The van der Waals surface area contributed by atoms with Crippen LogP contribution in [0.3, 0.4) is 0 Å². The van der Waals surface area contributed by atoms with E-state index in [0.29, 0.717) is 10.7 Å². The third-order valence-electron chi connectivity index (χ3n) is 2.82. The van der Waals surface area contributed by atoms with E-state index in [4.69, 9.17) is 16.3 Å². The van der Waals surface area contributed by atoms with E-state index in [9.17, 15) is 9.90 Å². The zero-order valence-electron chi connectivity index (χ0n) is 11.2. The lowest BCUT2D eigenvalue weighted by Crippen LogP contribution is -2.61. The summed E-state index contributed by atoms with van der Waals surface area (Å²) in [6.07, 6.45) is 1.11. The van der Waals surface area contributed by atoms with Crippen LogP contribution >= 0.6 is 11.6 Å². The van der Waals surface area contributed by atoms with Gasteiger partial charge in [-0.15, -0.1) is 0 Å². The molecular weight excluding hydrogens is 268 g/mol. The van der Waals surface area contributed by atoms with Crippen LogP contribution in [-0.2, 0) is 10.3 Å². The Kier molecular flexibility index (Phi) is 3.45. The molecule has 1 N–H and O–H groups in total. The van der Waals surface area contributed by atoms with Gasteiger partial charge in [0.25, 0.3) is 0 Å². The van der Waals surface area contributed by atoms with Gasteiger partial charge < -0.3 is 14.7 Å². The van der Waals surface area contributed by atoms with E-state index in [1.807, 2.05) is 0 Å². The Morgan fingerprint density at radius 3 is 2.58 bits per heavy atom.